The van der Waals surface area contributed by atoms with Gasteiger partial charge in [-0.25, -0.2) is 4.79 Å². The number of urea groups is 1. The highest BCUT2D eigenvalue weighted by Crippen LogP contribution is 2.28. The zero-order valence-electron chi connectivity index (χ0n) is 14.4. The summed E-state index contributed by atoms with van der Waals surface area (Å²) < 4.78 is 0. The lowest BCUT2D eigenvalue weighted by Gasteiger charge is -2.32. The Labute approximate surface area is 143 Å². The third-order valence-corrected chi connectivity index (χ3v) is 5.20. The molecule has 1 aliphatic carbocycles. The molecule has 0 bridgehead atoms. The predicted molar refractivity (Wildman–Crippen MR) is 93.7 cm³/mol. The number of amides is 3. The van der Waals surface area contributed by atoms with E-state index in [1.165, 1.54) is 17.5 Å². The lowest BCUT2D eigenvalue weighted by molar-refractivity contribution is -0.129. The van der Waals surface area contributed by atoms with Crippen molar-refractivity contribution in [2.45, 2.75) is 57.5 Å². The van der Waals surface area contributed by atoms with Crippen LogP contribution in [-0.2, 0) is 11.2 Å². The van der Waals surface area contributed by atoms with E-state index < -0.39 is 0 Å². The molecule has 0 aromatic heterocycles. The fourth-order valence-electron chi connectivity index (χ4n) is 3.80. The summed E-state index contributed by atoms with van der Waals surface area (Å²) in [7, 11) is 0. The van der Waals surface area contributed by atoms with E-state index in [0.29, 0.717) is 0 Å². The minimum Gasteiger partial charge on any atom is -0.343 e. The summed E-state index contributed by atoms with van der Waals surface area (Å²) >= 11 is 0. The Morgan fingerprint density at radius 1 is 1.04 bits per heavy atom. The van der Waals surface area contributed by atoms with Crippen LogP contribution in [0.25, 0.3) is 0 Å². The average Bonchev–Trinajstić information content (AvgIpc) is 2.78. The minimum atomic E-state index is -0.0852. The molecule has 1 atom stereocenters. The number of carbonyl (C=O) groups is 2. The van der Waals surface area contributed by atoms with Gasteiger partial charge in [-0.3, -0.25) is 4.79 Å². The first-order valence-corrected chi connectivity index (χ1v) is 9.04. The van der Waals surface area contributed by atoms with E-state index in [9.17, 15) is 9.59 Å². The molecule has 0 radical (unpaired) electrons. The van der Waals surface area contributed by atoms with Crippen LogP contribution in [-0.4, -0.2) is 36.0 Å². The van der Waals surface area contributed by atoms with Gasteiger partial charge in [0.1, 0.15) is 0 Å². The van der Waals surface area contributed by atoms with Gasteiger partial charge >= 0.3 is 6.03 Å². The van der Waals surface area contributed by atoms with Crippen molar-refractivity contribution in [3.63, 3.8) is 0 Å². The number of fused-ring (bicyclic) bond motifs is 1. The van der Waals surface area contributed by atoms with Crippen molar-refractivity contribution < 1.29 is 9.59 Å². The summed E-state index contributed by atoms with van der Waals surface area (Å²) in [5.74, 6) is 0.118. The molecule has 0 saturated carbocycles. The number of nitrogens with one attached hydrogen (secondary N) is 2. The van der Waals surface area contributed by atoms with E-state index in [-0.39, 0.29) is 24.0 Å². The first-order valence-electron chi connectivity index (χ1n) is 9.04. The van der Waals surface area contributed by atoms with Crippen molar-refractivity contribution in [3.05, 3.63) is 35.4 Å². The molecule has 5 nitrogen and oxygen atoms in total. The first-order chi connectivity index (χ1) is 11.6. The van der Waals surface area contributed by atoms with E-state index in [1.807, 2.05) is 11.0 Å². The number of hydrogen-bond donors (Lipinski definition) is 2. The van der Waals surface area contributed by atoms with Gasteiger partial charge in [-0.1, -0.05) is 30.7 Å². The molecule has 1 fully saturated rings. The second kappa shape index (κ2) is 7.69. The Bertz CT molecular complexity index is 594. The highest BCUT2D eigenvalue weighted by atomic mass is 16.2. The Kier molecular flexibility index (Phi) is 5.38. The molecular formula is C19H27N3O2. The maximum Gasteiger partial charge on any atom is 0.315 e. The molecule has 5 heteroatoms. The molecule has 1 aliphatic heterocycles. The lowest BCUT2D eigenvalue weighted by Crippen LogP contribution is -2.49. The SMILES string of the molecule is CC(=O)N1CCC(NC(=O)NC2CCCCc3ccccc32)CC1. The van der Waals surface area contributed by atoms with Gasteiger partial charge in [-0.15, -0.1) is 0 Å². The Balaban J connectivity index is 1.55. The molecule has 2 aliphatic rings. The van der Waals surface area contributed by atoms with Gasteiger partial charge in [0.25, 0.3) is 0 Å². The fraction of sp³-hybridized carbons (Fsp3) is 0.579. The third-order valence-electron chi connectivity index (χ3n) is 5.20. The predicted octanol–water partition coefficient (Wildman–Crippen LogP) is 2.76. The molecule has 1 aromatic rings. The second-order valence-corrected chi connectivity index (χ2v) is 6.90. The number of likely N-dealkylation sites (tertiary alicyclic amines) is 1. The highest BCUT2D eigenvalue weighted by molar-refractivity contribution is 5.75. The Morgan fingerprint density at radius 3 is 2.54 bits per heavy atom. The van der Waals surface area contributed by atoms with Crippen molar-refractivity contribution >= 4 is 11.9 Å². The normalized spacial score (nSPS) is 21.5. The van der Waals surface area contributed by atoms with E-state index in [0.717, 1.165) is 45.2 Å². The van der Waals surface area contributed by atoms with Crippen LogP contribution in [0.2, 0.25) is 0 Å². The Morgan fingerprint density at radius 2 is 1.79 bits per heavy atom. The largest absolute Gasteiger partial charge is 0.343 e. The standard InChI is InChI=1S/C19H27N3O2/c1-14(23)22-12-10-16(11-13-22)20-19(24)21-18-9-5-3-7-15-6-2-4-8-17(15)18/h2,4,6,8,16,18H,3,5,7,9-13H2,1H3,(H2,20,21,24). The zero-order valence-corrected chi connectivity index (χ0v) is 14.4. The van der Waals surface area contributed by atoms with Gasteiger partial charge in [0.2, 0.25) is 5.91 Å². The zero-order chi connectivity index (χ0) is 16.9. The van der Waals surface area contributed by atoms with Crippen LogP contribution in [0.15, 0.2) is 24.3 Å². The highest BCUT2D eigenvalue weighted by Gasteiger charge is 2.24. The monoisotopic (exact) mass is 329 g/mol. The van der Waals surface area contributed by atoms with Gasteiger partial charge in [-0.05, 0) is 43.2 Å². The quantitative estimate of drug-likeness (QED) is 0.820. The molecule has 1 saturated heterocycles. The van der Waals surface area contributed by atoms with Crippen LogP contribution < -0.4 is 10.6 Å². The summed E-state index contributed by atoms with van der Waals surface area (Å²) in [4.78, 5) is 25.6. The van der Waals surface area contributed by atoms with Crippen LogP contribution in [0, 0.1) is 0 Å². The van der Waals surface area contributed by atoms with E-state index in [2.05, 4.69) is 28.8 Å². The number of aryl methyl sites for hydroxylation is 1. The van der Waals surface area contributed by atoms with Crippen molar-refractivity contribution in [1.82, 2.24) is 15.5 Å². The smallest absolute Gasteiger partial charge is 0.315 e. The number of benzene rings is 1. The van der Waals surface area contributed by atoms with Crippen molar-refractivity contribution in [2.24, 2.45) is 0 Å². The average molecular weight is 329 g/mol. The lowest BCUT2D eigenvalue weighted by atomic mass is 9.99. The first kappa shape index (κ1) is 16.8. The summed E-state index contributed by atoms with van der Waals surface area (Å²) in [6.07, 6.45) is 6.06. The van der Waals surface area contributed by atoms with Crippen molar-refractivity contribution in [3.8, 4) is 0 Å². The molecule has 3 amide bonds. The van der Waals surface area contributed by atoms with E-state index in [1.54, 1.807) is 6.92 Å². The van der Waals surface area contributed by atoms with Gasteiger partial charge in [0.05, 0.1) is 6.04 Å². The van der Waals surface area contributed by atoms with Crippen molar-refractivity contribution in [1.29, 1.82) is 0 Å². The number of piperidine rings is 1. The molecule has 2 N–H and O–H groups in total. The molecule has 3 rings (SSSR count). The maximum atomic E-state index is 12.4. The van der Waals surface area contributed by atoms with Crippen LogP contribution in [0.5, 0.6) is 0 Å². The van der Waals surface area contributed by atoms with Gasteiger partial charge in [0.15, 0.2) is 0 Å². The van der Waals surface area contributed by atoms with E-state index >= 15 is 0 Å². The minimum absolute atomic E-state index is 0.0852. The third kappa shape index (κ3) is 4.08. The van der Waals surface area contributed by atoms with Gasteiger partial charge in [-0.2, -0.15) is 0 Å². The Hall–Kier alpha value is -2.04. The maximum absolute atomic E-state index is 12.4. The number of rotatable bonds is 2. The van der Waals surface area contributed by atoms with Crippen LogP contribution in [0.1, 0.15) is 56.2 Å². The fourth-order valence-corrected chi connectivity index (χ4v) is 3.80. The number of nitrogens with zero attached hydrogens (tertiary/aromatic N) is 1. The van der Waals surface area contributed by atoms with E-state index in [4.69, 9.17) is 0 Å². The summed E-state index contributed by atoms with van der Waals surface area (Å²) in [6, 6.07) is 8.60. The molecule has 1 unspecified atom stereocenters. The summed E-state index contributed by atoms with van der Waals surface area (Å²) in [6.45, 7) is 3.06. The van der Waals surface area contributed by atoms with Gasteiger partial charge < -0.3 is 15.5 Å². The number of carbonyl (C=O) groups excluding carboxylic acids is 2. The molecular weight excluding hydrogens is 302 g/mol. The summed E-state index contributed by atoms with van der Waals surface area (Å²) in [5, 5.41) is 6.25. The number of hydrogen-bond acceptors (Lipinski definition) is 2. The molecule has 1 aromatic carbocycles. The molecule has 1 heterocycles. The van der Waals surface area contributed by atoms with Crippen LogP contribution >= 0.6 is 0 Å². The molecule has 24 heavy (non-hydrogen) atoms. The van der Waals surface area contributed by atoms with Crippen LogP contribution in [0.4, 0.5) is 4.79 Å². The second-order valence-electron chi connectivity index (χ2n) is 6.90. The van der Waals surface area contributed by atoms with Gasteiger partial charge in [0, 0.05) is 26.1 Å². The van der Waals surface area contributed by atoms with Crippen molar-refractivity contribution in [2.75, 3.05) is 13.1 Å². The summed E-state index contributed by atoms with van der Waals surface area (Å²) in [5.41, 5.74) is 2.62. The van der Waals surface area contributed by atoms with Crippen LogP contribution in [0.3, 0.4) is 0 Å². The molecule has 0 spiro atoms. The molecule has 130 valence electrons. The topological polar surface area (TPSA) is 61.4 Å².